The molecular weight excluding hydrogens is 270 g/mol. The van der Waals surface area contributed by atoms with Gasteiger partial charge in [0, 0.05) is 16.6 Å². The Morgan fingerprint density at radius 1 is 1.60 bits per heavy atom. The lowest BCUT2D eigenvalue weighted by atomic mass is 10.2. The average molecular weight is 276 g/mol. The Bertz CT molecular complexity index is 431. The van der Waals surface area contributed by atoms with Gasteiger partial charge in [-0.2, -0.15) is 0 Å². The van der Waals surface area contributed by atoms with Gasteiger partial charge in [0.25, 0.3) is 0 Å². The molecule has 0 fully saturated rings. The van der Waals surface area contributed by atoms with Crippen LogP contribution in [-0.2, 0) is 4.74 Å². The molecule has 1 N–H and O–H groups in total. The standard InChI is InChI=1S/C8H6BrNO5/c1-15-8(12)4-2-7(11)6(10(13)14)3-5(4)9/h2-3,11H,1H3. The first-order valence-corrected chi connectivity index (χ1v) is 4.52. The van der Waals surface area contributed by atoms with E-state index in [-0.39, 0.29) is 10.0 Å². The Balaban J connectivity index is 3.31. The SMILES string of the molecule is COC(=O)c1cc(O)c([N+](=O)[O-])cc1Br. The lowest BCUT2D eigenvalue weighted by Gasteiger charge is -2.03. The maximum Gasteiger partial charge on any atom is 0.339 e. The van der Waals surface area contributed by atoms with Crippen LogP contribution in [0.25, 0.3) is 0 Å². The third-order valence-electron chi connectivity index (χ3n) is 1.67. The van der Waals surface area contributed by atoms with E-state index in [2.05, 4.69) is 20.7 Å². The molecule has 15 heavy (non-hydrogen) atoms. The minimum absolute atomic E-state index is 0.0283. The molecule has 1 aromatic rings. The van der Waals surface area contributed by atoms with Gasteiger partial charge in [0.15, 0.2) is 5.75 Å². The molecule has 0 aliphatic heterocycles. The van der Waals surface area contributed by atoms with Crippen molar-refractivity contribution < 1.29 is 19.6 Å². The van der Waals surface area contributed by atoms with Crippen molar-refractivity contribution in [2.45, 2.75) is 0 Å². The van der Waals surface area contributed by atoms with E-state index in [1.54, 1.807) is 0 Å². The number of nitrogens with zero attached hydrogens (tertiary/aromatic N) is 1. The molecule has 0 saturated carbocycles. The third kappa shape index (κ3) is 2.24. The summed E-state index contributed by atoms with van der Waals surface area (Å²) in [5.74, 6) is -1.27. The van der Waals surface area contributed by atoms with Crippen molar-refractivity contribution in [1.82, 2.24) is 0 Å². The molecule has 7 heteroatoms. The molecule has 0 aliphatic rings. The summed E-state index contributed by atoms with van der Waals surface area (Å²) >= 11 is 2.97. The van der Waals surface area contributed by atoms with Crippen LogP contribution in [0.15, 0.2) is 16.6 Å². The minimum atomic E-state index is -0.749. The van der Waals surface area contributed by atoms with Gasteiger partial charge in [0.05, 0.1) is 17.6 Å². The Kier molecular flexibility index (Phi) is 3.25. The summed E-state index contributed by atoms with van der Waals surface area (Å²) < 4.78 is 4.62. The molecular formula is C8H6BrNO5. The van der Waals surface area contributed by atoms with Crippen LogP contribution >= 0.6 is 15.9 Å². The quantitative estimate of drug-likeness (QED) is 0.505. The molecule has 6 nitrogen and oxygen atoms in total. The van der Waals surface area contributed by atoms with Crippen LogP contribution in [0.3, 0.4) is 0 Å². The number of aromatic hydroxyl groups is 1. The van der Waals surface area contributed by atoms with Crippen LogP contribution in [-0.4, -0.2) is 23.1 Å². The number of hydrogen-bond donors (Lipinski definition) is 1. The summed E-state index contributed by atoms with van der Waals surface area (Å²) in [7, 11) is 1.17. The van der Waals surface area contributed by atoms with Gasteiger partial charge in [-0.1, -0.05) is 0 Å². The highest BCUT2D eigenvalue weighted by molar-refractivity contribution is 9.10. The second kappa shape index (κ2) is 4.26. The van der Waals surface area contributed by atoms with Crippen LogP contribution in [0.5, 0.6) is 5.75 Å². The van der Waals surface area contributed by atoms with Crippen molar-refractivity contribution in [1.29, 1.82) is 0 Å². The molecule has 0 heterocycles. The number of nitro groups is 1. The first-order valence-electron chi connectivity index (χ1n) is 3.72. The van der Waals surface area contributed by atoms with Crippen LogP contribution in [0.4, 0.5) is 5.69 Å². The highest BCUT2D eigenvalue weighted by atomic mass is 79.9. The highest BCUT2D eigenvalue weighted by Gasteiger charge is 2.20. The maximum absolute atomic E-state index is 11.1. The molecule has 0 aliphatic carbocycles. The zero-order chi connectivity index (χ0) is 11.6. The van der Waals surface area contributed by atoms with E-state index in [0.717, 1.165) is 12.1 Å². The number of hydrogen-bond acceptors (Lipinski definition) is 5. The van der Waals surface area contributed by atoms with E-state index in [9.17, 15) is 20.0 Å². The number of carbonyl (C=O) groups is 1. The number of rotatable bonds is 2. The summed E-state index contributed by atoms with van der Waals surface area (Å²) in [6.07, 6.45) is 0. The molecule has 1 rings (SSSR count). The summed E-state index contributed by atoms with van der Waals surface area (Å²) in [5, 5.41) is 19.7. The number of phenols is 1. The molecule has 1 aromatic carbocycles. The fourth-order valence-corrected chi connectivity index (χ4v) is 1.46. The monoisotopic (exact) mass is 275 g/mol. The van der Waals surface area contributed by atoms with Crippen molar-refractivity contribution in [3.63, 3.8) is 0 Å². The zero-order valence-corrected chi connectivity index (χ0v) is 9.15. The van der Waals surface area contributed by atoms with Crippen LogP contribution < -0.4 is 0 Å². The van der Waals surface area contributed by atoms with Crippen molar-refractivity contribution in [2.24, 2.45) is 0 Å². The van der Waals surface area contributed by atoms with Gasteiger partial charge in [-0.15, -0.1) is 0 Å². The van der Waals surface area contributed by atoms with Gasteiger partial charge >= 0.3 is 11.7 Å². The molecule has 0 spiro atoms. The molecule has 0 bridgehead atoms. The molecule has 0 aromatic heterocycles. The van der Waals surface area contributed by atoms with E-state index in [1.165, 1.54) is 7.11 Å². The second-order valence-electron chi connectivity index (χ2n) is 2.57. The number of esters is 1. The zero-order valence-electron chi connectivity index (χ0n) is 7.56. The van der Waals surface area contributed by atoms with Crippen LogP contribution in [0.2, 0.25) is 0 Å². The largest absolute Gasteiger partial charge is 0.502 e. The Morgan fingerprint density at radius 2 is 2.20 bits per heavy atom. The number of carbonyl (C=O) groups excluding carboxylic acids is 1. The fraction of sp³-hybridized carbons (Fsp3) is 0.125. The Morgan fingerprint density at radius 3 is 2.67 bits per heavy atom. The van der Waals surface area contributed by atoms with E-state index < -0.39 is 22.3 Å². The van der Waals surface area contributed by atoms with Gasteiger partial charge in [-0.05, 0) is 15.9 Å². The summed E-state index contributed by atoms with van der Waals surface area (Å²) in [4.78, 5) is 20.8. The summed E-state index contributed by atoms with van der Waals surface area (Å²) in [5.41, 5.74) is -0.449. The normalized spacial score (nSPS) is 9.73. The Hall–Kier alpha value is -1.63. The van der Waals surface area contributed by atoms with Gasteiger partial charge in [-0.25, -0.2) is 4.79 Å². The van der Waals surface area contributed by atoms with E-state index in [1.807, 2.05) is 0 Å². The Labute approximate surface area is 92.8 Å². The summed E-state index contributed by atoms with van der Waals surface area (Å²) in [6, 6.07) is 2.02. The topological polar surface area (TPSA) is 89.7 Å². The number of benzene rings is 1. The number of nitro benzene ring substituents is 1. The predicted octanol–water partition coefficient (Wildman–Crippen LogP) is 1.85. The first kappa shape index (κ1) is 11.4. The molecule has 0 atom stereocenters. The first-order chi connectivity index (χ1) is 6.97. The molecule has 0 saturated heterocycles. The van der Waals surface area contributed by atoms with Gasteiger partial charge in [0.1, 0.15) is 0 Å². The molecule has 0 radical (unpaired) electrons. The highest BCUT2D eigenvalue weighted by Crippen LogP contribution is 2.32. The van der Waals surface area contributed by atoms with Crippen molar-refractivity contribution >= 4 is 27.6 Å². The predicted molar refractivity (Wildman–Crippen MR) is 53.8 cm³/mol. The number of phenolic OH excluding ortho intramolecular Hbond substituents is 1. The van der Waals surface area contributed by atoms with E-state index in [0.29, 0.717) is 0 Å². The van der Waals surface area contributed by atoms with E-state index in [4.69, 9.17) is 0 Å². The lowest BCUT2D eigenvalue weighted by Crippen LogP contribution is -2.03. The molecule has 0 unspecified atom stereocenters. The second-order valence-corrected chi connectivity index (χ2v) is 3.42. The number of halogens is 1. The minimum Gasteiger partial charge on any atom is -0.502 e. The average Bonchev–Trinajstić information content (AvgIpc) is 2.19. The molecule has 0 amide bonds. The number of methoxy groups -OCH3 is 1. The maximum atomic E-state index is 11.1. The van der Waals surface area contributed by atoms with Gasteiger partial charge < -0.3 is 9.84 Å². The lowest BCUT2D eigenvalue weighted by molar-refractivity contribution is -0.385. The molecule has 80 valence electrons. The van der Waals surface area contributed by atoms with Crippen LogP contribution in [0.1, 0.15) is 10.4 Å². The van der Waals surface area contributed by atoms with Crippen molar-refractivity contribution in [2.75, 3.05) is 7.11 Å². The van der Waals surface area contributed by atoms with Gasteiger partial charge in [0.2, 0.25) is 0 Å². The smallest absolute Gasteiger partial charge is 0.339 e. The van der Waals surface area contributed by atoms with E-state index >= 15 is 0 Å². The number of ether oxygens (including phenoxy) is 1. The third-order valence-corrected chi connectivity index (χ3v) is 2.32. The summed E-state index contributed by atoms with van der Waals surface area (Å²) in [6.45, 7) is 0. The van der Waals surface area contributed by atoms with Crippen molar-refractivity contribution in [3.8, 4) is 5.75 Å². The van der Waals surface area contributed by atoms with Crippen molar-refractivity contribution in [3.05, 3.63) is 32.3 Å². The van der Waals surface area contributed by atoms with Gasteiger partial charge in [-0.3, -0.25) is 10.1 Å². The van der Waals surface area contributed by atoms with Crippen LogP contribution in [0, 0.1) is 10.1 Å². The fourth-order valence-electron chi connectivity index (χ4n) is 0.964.